The van der Waals surface area contributed by atoms with Crippen LogP contribution in [0.1, 0.15) is 12.8 Å². The van der Waals surface area contributed by atoms with Gasteiger partial charge in [-0.15, -0.1) is 0 Å². The maximum Gasteiger partial charge on any atom is 0.244 e. The summed E-state index contributed by atoms with van der Waals surface area (Å²) in [4.78, 5) is 4.07. The van der Waals surface area contributed by atoms with E-state index in [1.54, 1.807) is 12.3 Å². The van der Waals surface area contributed by atoms with Gasteiger partial charge in [0.2, 0.25) is 10.0 Å². The van der Waals surface area contributed by atoms with Crippen LogP contribution >= 0.6 is 15.9 Å². The van der Waals surface area contributed by atoms with Crippen molar-refractivity contribution in [2.45, 2.75) is 17.7 Å². The normalized spacial score (nSPS) is 22.0. The second-order valence-electron chi connectivity index (χ2n) is 4.39. The van der Waals surface area contributed by atoms with Crippen molar-refractivity contribution in [3.63, 3.8) is 0 Å². The lowest BCUT2D eigenvalue weighted by Gasteiger charge is -2.30. The van der Waals surface area contributed by atoms with Gasteiger partial charge in [0.25, 0.3) is 0 Å². The van der Waals surface area contributed by atoms with Gasteiger partial charge in [-0.3, -0.25) is 4.98 Å². The van der Waals surface area contributed by atoms with Gasteiger partial charge in [0.15, 0.2) is 0 Å². The van der Waals surface area contributed by atoms with Crippen LogP contribution in [-0.2, 0) is 10.0 Å². The Hall–Kier alpha value is -0.500. The average Bonchev–Trinajstić information content (AvgIpc) is 2.39. The number of hydrogen-bond donors (Lipinski definition) is 1. The fourth-order valence-corrected chi connectivity index (χ4v) is 4.14. The van der Waals surface area contributed by atoms with Gasteiger partial charge in [-0.05, 0) is 40.8 Å². The molecule has 2 rings (SSSR count). The Morgan fingerprint density at radius 2 is 2.28 bits per heavy atom. The van der Waals surface area contributed by atoms with Crippen LogP contribution in [0.2, 0.25) is 0 Å². The molecule has 1 fully saturated rings. The van der Waals surface area contributed by atoms with Crippen molar-refractivity contribution in [2.24, 2.45) is 5.92 Å². The van der Waals surface area contributed by atoms with E-state index in [0.717, 1.165) is 12.8 Å². The van der Waals surface area contributed by atoms with Gasteiger partial charge >= 0.3 is 0 Å². The summed E-state index contributed by atoms with van der Waals surface area (Å²) in [5, 5.41) is 9.15. The van der Waals surface area contributed by atoms with Crippen LogP contribution in [0.3, 0.4) is 0 Å². The molecule has 0 saturated carbocycles. The highest BCUT2D eigenvalue weighted by Crippen LogP contribution is 2.24. The molecule has 0 spiro atoms. The quantitative estimate of drug-likeness (QED) is 0.902. The van der Waals surface area contributed by atoms with Crippen LogP contribution in [-0.4, -0.2) is 42.5 Å². The van der Waals surface area contributed by atoms with E-state index in [4.69, 9.17) is 5.11 Å². The fraction of sp³-hybridized carbons (Fsp3) is 0.545. The topological polar surface area (TPSA) is 70.5 Å². The predicted molar refractivity (Wildman–Crippen MR) is 70.5 cm³/mol. The number of aliphatic hydroxyl groups is 1. The zero-order valence-electron chi connectivity index (χ0n) is 9.79. The van der Waals surface area contributed by atoms with Crippen molar-refractivity contribution in [1.82, 2.24) is 9.29 Å². The molecule has 0 radical (unpaired) electrons. The molecule has 1 saturated heterocycles. The first-order valence-corrected chi connectivity index (χ1v) is 7.99. The van der Waals surface area contributed by atoms with E-state index in [0.29, 0.717) is 17.6 Å². The molecule has 0 bridgehead atoms. The third-order valence-electron chi connectivity index (χ3n) is 3.06. The Labute approximate surface area is 115 Å². The SMILES string of the molecule is O=S(=O)(c1cncc(Br)c1)N1CCC[C@@H](CO)C1. The molecule has 0 amide bonds. The zero-order valence-corrected chi connectivity index (χ0v) is 12.2. The van der Waals surface area contributed by atoms with Crippen LogP contribution in [0.4, 0.5) is 0 Å². The number of piperidine rings is 1. The van der Waals surface area contributed by atoms with Gasteiger partial charge < -0.3 is 5.11 Å². The van der Waals surface area contributed by atoms with Gasteiger partial charge in [-0.2, -0.15) is 4.31 Å². The van der Waals surface area contributed by atoms with Crippen LogP contribution in [0.15, 0.2) is 27.8 Å². The Morgan fingerprint density at radius 3 is 2.94 bits per heavy atom. The molecule has 18 heavy (non-hydrogen) atoms. The molecule has 0 aromatic carbocycles. The number of nitrogens with zero attached hydrogens (tertiary/aromatic N) is 2. The number of hydrogen-bond acceptors (Lipinski definition) is 4. The second-order valence-corrected chi connectivity index (χ2v) is 7.25. The molecule has 5 nitrogen and oxygen atoms in total. The molecule has 0 unspecified atom stereocenters. The highest BCUT2D eigenvalue weighted by Gasteiger charge is 2.30. The van der Waals surface area contributed by atoms with E-state index in [1.165, 1.54) is 10.5 Å². The van der Waals surface area contributed by atoms with Crippen molar-refractivity contribution in [1.29, 1.82) is 0 Å². The van der Waals surface area contributed by atoms with Crippen LogP contribution in [0, 0.1) is 5.92 Å². The van der Waals surface area contributed by atoms with Gasteiger partial charge in [0, 0.05) is 36.6 Å². The summed E-state index contributed by atoms with van der Waals surface area (Å²) in [6, 6.07) is 1.55. The Kier molecular flexibility index (Phi) is 4.37. The van der Waals surface area contributed by atoms with Gasteiger partial charge in [-0.1, -0.05) is 0 Å². The van der Waals surface area contributed by atoms with Crippen LogP contribution in [0.5, 0.6) is 0 Å². The van der Waals surface area contributed by atoms with Gasteiger partial charge in [-0.25, -0.2) is 8.42 Å². The average molecular weight is 335 g/mol. The van der Waals surface area contributed by atoms with E-state index < -0.39 is 10.0 Å². The number of halogens is 1. The molecule has 1 aromatic rings. The summed E-state index contributed by atoms with van der Waals surface area (Å²) in [6.45, 7) is 0.916. The van der Waals surface area contributed by atoms with E-state index in [9.17, 15) is 8.42 Å². The predicted octanol–water partition coefficient (Wildman–Crippen LogP) is 1.24. The zero-order chi connectivity index (χ0) is 13.2. The highest BCUT2D eigenvalue weighted by atomic mass is 79.9. The minimum absolute atomic E-state index is 0.0305. The van der Waals surface area contributed by atoms with Crippen molar-refractivity contribution >= 4 is 26.0 Å². The van der Waals surface area contributed by atoms with Gasteiger partial charge in [0.1, 0.15) is 4.90 Å². The summed E-state index contributed by atoms with van der Waals surface area (Å²) < 4.78 is 26.8. The fourth-order valence-electron chi connectivity index (χ4n) is 2.08. The molecule has 1 aliphatic heterocycles. The van der Waals surface area contributed by atoms with Crippen LogP contribution in [0.25, 0.3) is 0 Å². The molecule has 100 valence electrons. The maximum absolute atomic E-state index is 12.4. The third kappa shape index (κ3) is 2.90. The number of sulfonamides is 1. The van der Waals surface area contributed by atoms with E-state index in [2.05, 4.69) is 20.9 Å². The Balaban J connectivity index is 2.25. The molecule has 1 aliphatic rings. The van der Waals surface area contributed by atoms with E-state index >= 15 is 0 Å². The number of aromatic nitrogens is 1. The Bertz CT molecular complexity index is 521. The van der Waals surface area contributed by atoms with Crippen molar-refractivity contribution < 1.29 is 13.5 Å². The van der Waals surface area contributed by atoms with E-state index in [1.807, 2.05) is 0 Å². The lowest BCUT2D eigenvalue weighted by Crippen LogP contribution is -2.40. The molecule has 1 N–H and O–H groups in total. The first-order valence-electron chi connectivity index (χ1n) is 5.75. The molecule has 7 heteroatoms. The summed E-state index contributed by atoms with van der Waals surface area (Å²) in [5.41, 5.74) is 0. The van der Waals surface area contributed by atoms with Gasteiger partial charge in [0.05, 0.1) is 0 Å². The number of rotatable bonds is 3. The summed E-state index contributed by atoms with van der Waals surface area (Å²) >= 11 is 3.22. The van der Waals surface area contributed by atoms with Crippen molar-refractivity contribution in [3.05, 3.63) is 22.9 Å². The van der Waals surface area contributed by atoms with Crippen molar-refractivity contribution in [2.75, 3.05) is 19.7 Å². The molecule has 2 heterocycles. The standard InChI is InChI=1S/C11H15BrN2O3S/c12-10-4-11(6-13-5-10)18(16,17)14-3-1-2-9(7-14)8-15/h4-6,9,15H,1-3,7-8H2/t9-/m1/s1. The summed E-state index contributed by atoms with van der Waals surface area (Å²) in [5.74, 6) is 0.0358. The maximum atomic E-state index is 12.4. The second kappa shape index (κ2) is 5.64. The largest absolute Gasteiger partial charge is 0.396 e. The van der Waals surface area contributed by atoms with E-state index in [-0.39, 0.29) is 17.4 Å². The molecular formula is C11H15BrN2O3S. The molecular weight excluding hydrogens is 320 g/mol. The number of pyridine rings is 1. The van der Waals surface area contributed by atoms with Crippen molar-refractivity contribution in [3.8, 4) is 0 Å². The lowest BCUT2D eigenvalue weighted by molar-refractivity contribution is 0.165. The summed E-state index contributed by atoms with van der Waals surface area (Å²) in [6.07, 6.45) is 4.56. The van der Waals surface area contributed by atoms with Crippen LogP contribution < -0.4 is 0 Å². The number of aliphatic hydroxyl groups excluding tert-OH is 1. The minimum atomic E-state index is -3.50. The lowest BCUT2D eigenvalue weighted by atomic mass is 10.0. The first kappa shape index (κ1) is 13.9. The molecule has 0 aliphatic carbocycles. The molecule has 1 atom stereocenters. The smallest absolute Gasteiger partial charge is 0.244 e. The summed E-state index contributed by atoms with van der Waals surface area (Å²) in [7, 11) is -3.50. The monoisotopic (exact) mass is 334 g/mol. The third-order valence-corrected chi connectivity index (χ3v) is 5.32. The Morgan fingerprint density at radius 1 is 1.50 bits per heavy atom. The first-order chi connectivity index (χ1) is 8.54. The molecule has 1 aromatic heterocycles. The highest BCUT2D eigenvalue weighted by molar-refractivity contribution is 9.10. The minimum Gasteiger partial charge on any atom is -0.396 e.